The Morgan fingerprint density at radius 2 is 1.06 bits per heavy atom. The van der Waals surface area contributed by atoms with Gasteiger partial charge in [-0.25, -0.2) is 26.3 Å². The SMILES string of the molecule is CC(C)N1CCN(C(=O)COc2c(F)cc(F)cc2F)CC1C.CC1CN(C(=O)COc2cc(F)cc(F)c2F)CCN1.Cc1cccc(OCC(=O)N2CCN(C(C)C)C(C)C2)c1F. The van der Waals surface area contributed by atoms with Crippen molar-refractivity contribution in [3.8, 4) is 17.2 Å². The molecule has 19 heteroatoms. The summed E-state index contributed by atoms with van der Waals surface area (Å²) >= 11 is 0. The minimum Gasteiger partial charge on any atom is -0.481 e. The smallest absolute Gasteiger partial charge is 0.260 e. The van der Waals surface area contributed by atoms with Gasteiger partial charge in [0.2, 0.25) is 5.82 Å². The molecule has 3 heterocycles. The second kappa shape index (κ2) is 24.4. The normalized spacial score (nSPS) is 19.3. The van der Waals surface area contributed by atoms with Gasteiger partial charge in [-0.15, -0.1) is 0 Å². The second-order valence-corrected chi connectivity index (χ2v) is 16.9. The van der Waals surface area contributed by atoms with Crippen LogP contribution in [0.15, 0.2) is 42.5 Å². The van der Waals surface area contributed by atoms with Gasteiger partial charge in [0, 0.05) is 113 Å². The number of ether oxygens (including phenoxy) is 3. The van der Waals surface area contributed by atoms with Crippen molar-refractivity contribution in [3.63, 3.8) is 0 Å². The van der Waals surface area contributed by atoms with Crippen molar-refractivity contribution in [3.05, 3.63) is 88.7 Å². The number of rotatable bonds is 11. The number of hydrogen-bond donors (Lipinski definition) is 1. The number of aryl methyl sites for hydroxylation is 1. The standard InChI is InChI=1S/C17H25FN2O2.C16H21F3N2O2.C13H15F3N2O2/c1-12(2)20-9-8-19(10-14(20)4)16(21)11-22-15-7-5-6-13(3)17(15)18;1-10(2)21-5-4-20(8-11(21)3)15(22)9-23-16-13(18)6-12(17)7-14(16)19;1-8-6-18(3-2-17-8)12(19)7-20-11-5-9(14)4-10(15)13(11)16/h5-7,12,14H,8-11H2,1-4H3;6-7,10-11H,4-5,8-9H2,1-3H3;4-5,8,17H,2-3,6-7H2,1H3. The van der Waals surface area contributed by atoms with Crippen molar-refractivity contribution in [1.29, 1.82) is 0 Å². The summed E-state index contributed by atoms with van der Waals surface area (Å²) in [6.45, 7) is 21.0. The Morgan fingerprint density at radius 1 is 0.600 bits per heavy atom. The monoisotopic (exact) mass is 926 g/mol. The van der Waals surface area contributed by atoms with Crippen LogP contribution < -0.4 is 19.5 Å². The summed E-state index contributed by atoms with van der Waals surface area (Å²) in [7, 11) is 0. The molecule has 3 amide bonds. The fraction of sp³-hybridized carbons (Fsp3) is 0.543. The van der Waals surface area contributed by atoms with E-state index in [0.29, 0.717) is 93.8 Å². The van der Waals surface area contributed by atoms with Gasteiger partial charge in [0.25, 0.3) is 17.7 Å². The summed E-state index contributed by atoms with van der Waals surface area (Å²) in [5, 5.41) is 3.17. The van der Waals surface area contributed by atoms with Crippen molar-refractivity contribution in [2.45, 2.75) is 85.6 Å². The van der Waals surface area contributed by atoms with Gasteiger partial charge in [-0.05, 0) is 67.0 Å². The highest BCUT2D eigenvalue weighted by Crippen LogP contribution is 2.24. The zero-order chi connectivity index (χ0) is 48.1. The van der Waals surface area contributed by atoms with Crippen LogP contribution in [-0.4, -0.2) is 151 Å². The largest absolute Gasteiger partial charge is 0.481 e. The van der Waals surface area contributed by atoms with Gasteiger partial charge in [-0.2, -0.15) is 4.39 Å². The molecule has 3 saturated heterocycles. The van der Waals surface area contributed by atoms with Gasteiger partial charge in [0.15, 0.2) is 60.3 Å². The second-order valence-electron chi connectivity index (χ2n) is 16.9. The Kier molecular flexibility index (Phi) is 19.7. The van der Waals surface area contributed by atoms with E-state index in [-0.39, 0.29) is 42.2 Å². The lowest BCUT2D eigenvalue weighted by Crippen LogP contribution is -2.56. The molecular weight excluding hydrogens is 866 g/mol. The van der Waals surface area contributed by atoms with E-state index in [2.05, 4.69) is 49.7 Å². The summed E-state index contributed by atoms with van der Waals surface area (Å²) in [4.78, 5) is 45.9. The van der Waals surface area contributed by atoms with E-state index >= 15 is 0 Å². The highest BCUT2D eigenvalue weighted by Gasteiger charge is 2.30. The molecule has 65 heavy (non-hydrogen) atoms. The van der Waals surface area contributed by atoms with Crippen LogP contribution in [0.2, 0.25) is 0 Å². The predicted octanol–water partition coefficient (Wildman–Crippen LogP) is 6.18. The molecule has 3 aromatic carbocycles. The lowest BCUT2D eigenvalue weighted by Gasteiger charge is -2.42. The Hall–Kier alpha value is -5.14. The van der Waals surface area contributed by atoms with Crippen LogP contribution in [0.1, 0.15) is 54.0 Å². The molecule has 3 aliphatic heterocycles. The van der Waals surface area contributed by atoms with E-state index in [4.69, 9.17) is 14.2 Å². The summed E-state index contributed by atoms with van der Waals surface area (Å²) in [5.74, 6) is -9.30. The summed E-state index contributed by atoms with van der Waals surface area (Å²) in [6.07, 6.45) is 0. The molecule has 0 bridgehead atoms. The molecule has 3 atom stereocenters. The quantitative estimate of drug-likeness (QED) is 0.178. The molecule has 3 aromatic rings. The number of benzene rings is 3. The summed E-state index contributed by atoms with van der Waals surface area (Å²) in [6, 6.07) is 8.68. The van der Waals surface area contributed by atoms with Gasteiger partial charge < -0.3 is 34.2 Å². The minimum absolute atomic E-state index is 0.0869. The predicted molar refractivity (Wildman–Crippen MR) is 230 cm³/mol. The van der Waals surface area contributed by atoms with Gasteiger partial charge >= 0.3 is 0 Å². The zero-order valence-corrected chi connectivity index (χ0v) is 38.2. The van der Waals surface area contributed by atoms with Crippen molar-refractivity contribution < 1.29 is 59.3 Å². The molecule has 0 radical (unpaired) electrons. The lowest BCUT2D eigenvalue weighted by atomic mass is 10.1. The average molecular weight is 927 g/mol. The van der Waals surface area contributed by atoms with Gasteiger partial charge in [0.05, 0.1) is 0 Å². The molecule has 12 nitrogen and oxygen atoms in total. The van der Waals surface area contributed by atoms with E-state index in [9.17, 15) is 45.1 Å². The van der Waals surface area contributed by atoms with E-state index < -0.39 is 65.4 Å². The number of nitrogens with zero attached hydrogens (tertiary/aromatic N) is 5. The maximum Gasteiger partial charge on any atom is 0.260 e. The molecule has 3 aliphatic rings. The fourth-order valence-corrected chi connectivity index (χ4v) is 7.81. The van der Waals surface area contributed by atoms with E-state index in [1.54, 1.807) is 39.8 Å². The first-order chi connectivity index (χ1) is 30.7. The van der Waals surface area contributed by atoms with E-state index in [1.807, 2.05) is 13.8 Å². The number of halogens is 7. The van der Waals surface area contributed by atoms with Crippen LogP contribution in [0.25, 0.3) is 0 Å². The fourth-order valence-electron chi connectivity index (χ4n) is 7.81. The Balaban J connectivity index is 0.000000214. The molecule has 0 aromatic heterocycles. The molecule has 0 spiro atoms. The highest BCUT2D eigenvalue weighted by molar-refractivity contribution is 5.79. The first kappa shape index (κ1) is 52.5. The highest BCUT2D eigenvalue weighted by atomic mass is 19.2. The molecular formula is C46H61F7N6O6. The molecule has 3 unspecified atom stereocenters. The Bertz CT molecular complexity index is 2060. The molecule has 1 N–H and O–H groups in total. The summed E-state index contributed by atoms with van der Waals surface area (Å²) < 4.78 is 108. The Labute approximate surface area is 376 Å². The molecule has 0 saturated carbocycles. The average Bonchev–Trinajstić information content (AvgIpc) is 3.24. The van der Waals surface area contributed by atoms with Crippen molar-refractivity contribution in [2.24, 2.45) is 0 Å². The molecule has 3 fully saturated rings. The molecule has 360 valence electrons. The third-order valence-corrected chi connectivity index (χ3v) is 11.2. The third-order valence-electron chi connectivity index (χ3n) is 11.2. The molecule has 6 rings (SSSR count). The van der Waals surface area contributed by atoms with Gasteiger partial charge in [0.1, 0.15) is 11.6 Å². The molecule has 0 aliphatic carbocycles. The maximum atomic E-state index is 13.8. The Morgan fingerprint density at radius 3 is 1.55 bits per heavy atom. The lowest BCUT2D eigenvalue weighted by molar-refractivity contribution is -0.137. The number of carbonyl (C=O) groups is 3. The summed E-state index contributed by atoms with van der Waals surface area (Å²) in [5.41, 5.74) is 0.518. The zero-order valence-electron chi connectivity index (χ0n) is 38.2. The topological polar surface area (TPSA) is 107 Å². The van der Waals surface area contributed by atoms with Crippen LogP contribution in [0, 0.1) is 47.6 Å². The van der Waals surface area contributed by atoms with Gasteiger partial charge in [-0.3, -0.25) is 24.2 Å². The van der Waals surface area contributed by atoms with Crippen LogP contribution in [-0.2, 0) is 14.4 Å². The first-order valence-corrected chi connectivity index (χ1v) is 21.7. The first-order valence-electron chi connectivity index (χ1n) is 21.7. The van der Waals surface area contributed by atoms with Crippen LogP contribution in [0.3, 0.4) is 0 Å². The number of nitrogens with one attached hydrogen (secondary N) is 1. The van der Waals surface area contributed by atoms with Crippen LogP contribution >= 0.6 is 0 Å². The van der Waals surface area contributed by atoms with Crippen LogP contribution in [0.5, 0.6) is 17.2 Å². The van der Waals surface area contributed by atoms with Gasteiger partial charge in [-0.1, -0.05) is 12.1 Å². The van der Waals surface area contributed by atoms with Crippen molar-refractivity contribution in [1.82, 2.24) is 29.8 Å². The van der Waals surface area contributed by atoms with Crippen molar-refractivity contribution in [2.75, 3.05) is 78.7 Å². The maximum absolute atomic E-state index is 13.8. The third kappa shape index (κ3) is 15.2. The van der Waals surface area contributed by atoms with E-state index in [0.717, 1.165) is 13.1 Å². The number of amides is 3. The van der Waals surface area contributed by atoms with Crippen LogP contribution in [0.4, 0.5) is 30.7 Å². The number of piperazine rings is 3. The van der Waals surface area contributed by atoms with E-state index in [1.165, 1.54) is 0 Å². The number of carbonyl (C=O) groups excluding carboxylic acids is 3. The minimum atomic E-state index is -1.34. The number of hydrogen-bond acceptors (Lipinski definition) is 9. The van der Waals surface area contributed by atoms with Crippen molar-refractivity contribution >= 4 is 17.7 Å².